The first-order chi connectivity index (χ1) is 12.3. The van der Waals surface area contributed by atoms with Crippen molar-refractivity contribution in [3.63, 3.8) is 0 Å². The number of nitrogens with zero attached hydrogens (tertiary/aromatic N) is 1. The highest BCUT2D eigenvalue weighted by atomic mass is 16.5. The molecule has 0 saturated heterocycles. The molecule has 0 fully saturated rings. The number of anilines is 1. The van der Waals surface area contributed by atoms with Crippen molar-refractivity contribution in [3.05, 3.63) is 83.4 Å². The van der Waals surface area contributed by atoms with Gasteiger partial charge in [-0.05, 0) is 53.8 Å². The van der Waals surface area contributed by atoms with Gasteiger partial charge in [0.05, 0.1) is 7.11 Å². The van der Waals surface area contributed by atoms with Crippen molar-refractivity contribution in [2.45, 2.75) is 19.9 Å². The Hall–Kier alpha value is -2.74. The van der Waals surface area contributed by atoms with E-state index >= 15 is 0 Å². The molecule has 1 aliphatic heterocycles. The molecule has 0 radical (unpaired) electrons. The van der Waals surface area contributed by atoms with Crippen molar-refractivity contribution >= 4 is 5.69 Å². The monoisotopic (exact) mass is 329 g/mol. The third-order valence-corrected chi connectivity index (χ3v) is 5.12. The number of hydrogen-bond donors (Lipinski definition) is 0. The van der Waals surface area contributed by atoms with Gasteiger partial charge in [-0.25, -0.2) is 0 Å². The van der Waals surface area contributed by atoms with Crippen molar-refractivity contribution < 1.29 is 4.74 Å². The summed E-state index contributed by atoms with van der Waals surface area (Å²) in [7, 11) is 1.71. The van der Waals surface area contributed by atoms with Crippen molar-refractivity contribution in [2.24, 2.45) is 0 Å². The molecular weight excluding hydrogens is 306 g/mol. The Labute approximate surface area is 149 Å². The fraction of sp³-hybridized carbons (Fsp3) is 0.217. The molecule has 4 rings (SSSR count). The van der Waals surface area contributed by atoms with Gasteiger partial charge in [-0.2, -0.15) is 0 Å². The molecule has 0 N–H and O–H groups in total. The van der Waals surface area contributed by atoms with Crippen LogP contribution < -0.4 is 9.64 Å². The number of fused-ring (bicyclic) bond motifs is 3. The summed E-state index contributed by atoms with van der Waals surface area (Å²) in [5.41, 5.74) is 8.25. The maximum atomic E-state index is 5.25. The van der Waals surface area contributed by atoms with Crippen LogP contribution in [0.1, 0.15) is 16.7 Å². The van der Waals surface area contributed by atoms with Gasteiger partial charge in [0, 0.05) is 24.3 Å². The molecule has 0 atom stereocenters. The minimum absolute atomic E-state index is 0.914. The fourth-order valence-corrected chi connectivity index (χ4v) is 3.67. The highest BCUT2D eigenvalue weighted by molar-refractivity contribution is 5.84. The molecule has 0 unspecified atom stereocenters. The second kappa shape index (κ2) is 6.64. The van der Waals surface area contributed by atoms with Gasteiger partial charge >= 0.3 is 0 Å². The van der Waals surface area contributed by atoms with Crippen LogP contribution in [-0.2, 0) is 13.0 Å². The molecule has 126 valence electrons. The van der Waals surface area contributed by atoms with Crippen molar-refractivity contribution in [3.8, 4) is 16.9 Å². The van der Waals surface area contributed by atoms with E-state index in [1.54, 1.807) is 7.11 Å². The average Bonchev–Trinajstić information content (AvgIpc) is 2.67. The Bertz CT molecular complexity index is 883. The summed E-state index contributed by atoms with van der Waals surface area (Å²) in [4.78, 5) is 2.51. The number of benzene rings is 3. The van der Waals surface area contributed by atoms with E-state index in [0.717, 1.165) is 25.3 Å². The third kappa shape index (κ3) is 3.00. The molecule has 0 aliphatic carbocycles. The highest BCUT2D eigenvalue weighted by Gasteiger charge is 2.22. The first kappa shape index (κ1) is 15.8. The molecule has 25 heavy (non-hydrogen) atoms. The van der Waals surface area contributed by atoms with Crippen LogP contribution in [0.15, 0.2) is 66.7 Å². The standard InChI is InChI=1S/C23H23NO/c1-17-6-5-8-20-21-7-3-4-9-23(21)24(16-22(17)20)15-14-18-10-12-19(25-2)13-11-18/h3-13H,14-16H2,1-2H3. The summed E-state index contributed by atoms with van der Waals surface area (Å²) >= 11 is 0. The average molecular weight is 329 g/mol. The molecule has 2 heteroatoms. The SMILES string of the molecule is COc1ccc(CCN2Cc3c(C)cccc3-c3ccccc32)cc1. The maximum absolute atomic E-state index is 5.25. The van der Waals surface area contributed by atoms with Gasteiger partial charge in [-0.15, -0.1) is 0 Å². The molecule has 1 aliphatic rings. The quantitative estimate of drug-likeness (QED) is 0.649. The summed E-state index contributed by atoms with van der Waals surface area (Å²) in [6.45, 7) is 4.21. The Morgan fingerprint density at radius 3 is 2.44 bits per heavy atom. The van der Waals surface area contributed by atoms with E-state index in [2.05, 4.69) is 66.4 Å². The van der Waals surface area contributed by atoms with E-state index in [1.807, 2.05) is 12.1 Å². The minimum Gasteiger partial charge on any atom is -0.497 e. The molecule has 3 aromatic rings. The van der Waals surface area contributed by atoms with Gasteiger partial charge in [0.2, 0.25) is 0 Å². The van der Waals surface area contributed by atoms with Crippen LogP contribution in [0.2, 0.25) is 0 Å². The summed E-state index contributed by atoms with van der Waals surface area (Å²) in [5.74, 6) is 0.914. The van der Waals surface area contributed by atoms with E-state index in [-0.39, 0.29) is 0 Å². The minimum atomic E-state index is 0.914. The van der Waals surface area contributed by atoms with Gasteiger partial charge in [-0.3, -0.25) is 0 Å². The maximum Gasteiger partial charge on any atom is 0.118 e. The normalized spacial score (nSPS) is 12.5. The first-order valence-corrected chi connectivity index (χ1v) is 8.82. The molecule has 1 heterocycles. The lowest BCUT2D eigenvalue weighted by Crippen LogP contribution is -2.29. The number of rotatable bonds is 4. The van der Waals surface area contributed by atoms with E-state index in [9.17, 15) is 0 Å². The van der Waals surface area contributed by atoms with Crippen LogP contribution in [-0.4, -0.2) is 13.7 Å². The predicted octanol–water partition coefficient (Wildman–Crippen LogP) is 5.23. The highest BCUT2D eigenvalue weighted by Crippen LogP contribution is 2.39. The zero-order valence-electron chi connectivity index (χ0n) is 14.8. The molecule has 0 spiro atoms. The van der Waals surface area contributed by atoms with Crippen LogP contribution in [0.4, 0.5) is 5.69 Å². The molecule has 0 bridgehead atoms. The zero-order chi connectivity index (χ0) is 17.2. The summed E-state index contributed by atoms with van der Waals surface area (Å²) in [5, 5.41) is 0. The lowest BCUT2D eigenvalue weighted by Gasteiger charge is -2.34. The van der Waals surface area contributed by atoms with Gasteiger partial charge in [0.25, 0.3) is 0 Å². The fourth-order valence-electron chi connectivity index (χ4n) is 3.67. The zero-order valence-corrected chi connectivity index (χ0v) is 14.8. The second-order valence-corrected chi connectivity index (χ2v) is 6.64. The van der Waals surface area contributed by atoms with E-state index in [0.29, 0.717) is 0 Å². The van der Waals surface area contributed by atoms with E-state index in [1.165, 1.54) is 33.5 Å². The Balaban J connectivity index is 1.61. The number of methoxy groups -OCH3 is 1. The number of hydrogen-bond acceptors (Lipinski definition) is 2. The predicted molar refractivity (Wildman–Crippen MR) is 104 cm³/mol. The Morgan fingerprint density at radius 1 is 0.880 bits per heavy atom. The van der Waals surface area contributed by atoms with Gasteiger partial charge < -0.3 is 9.64 Å². The first-order valence-electron chi connectivity index (χ1n) is 8.82. The van der Waals surface area contributed by atoms with Crippen LogP contribution >= 0.6 is 0 Å². The summed E-state index contributed by atoms with van der Waals surface area (Å²) in [6.07, 6.45) is 1.03. The van der Waals surface area contributed by atoms with E-state index in [4.69, 9.17) is 4.74 Å². The second-order valence-electron chi connectivity index (χ2n) is 6.64. The Kier molecular flexibility index (Phi) is 4.19. The van der Waals surface area contributed by atoms with Crippen LogP contribution in [0, 0.1) is 6.92 Å². The summed E-state index contributed by atoms with van der Waals surface area (Å²) in [6, 6.07) is 23.8. The van der Waals surface area contributed by atoms with Crippen LogP contribution in [0.5, 0.6) is 5.75 Å². The van der Waals surface area contributed by atoms with Gasteiger partial charge in [-0.1, -0.05) is 48.5 Å². The lowest BCUT2D eigenvalue weighted by atomic mass is 9.90. The number of para-hydroxylation sites is 1. The molecule has 0 aromatic heterocycles. The molecular formula is C23H23NO. The number of ether oxygens (including phenoxy) is 1. The lowest BCUT2D eigenvalue weighted by molar-refractivity contribution is 0.414. The van der Waals surface area contributed by atoms with Gasteiger partial charge in [0.15, 0.2) is 0 Å². The largest absolute Gasteiger partial charge is 0.497 e. The smallest absolute Gasteiger partial charge is 0.118 e. The van der Waals surface area contributed by atoms with E-state index < -0.39 is 0 Å². The van der Waals surface area contributed by atoms with Crippen molar-refractivity contribution in [1.29, 1.82) is 0 Å². The molecule has 3 aromatic carbocycles. The van der Waals surface area contributed by atoms with Crippen molar-refractivity contribution in [2.75, 3.05) is 18.6 Å². The molecule has 0 saturated carbocycles. The summed E-state index contributed by atoms with van der Waals surface area (Å²) < 4.78 is 5.25. The van der Waals surface area contributed by atoms with Crippen molar-refractivity contribution in [1.82, 2.24) is 0 Å². The third-order valence-electron chi connectivity index (χ3n) is 5.12. The van der Waals surface area contributed by atoms with Crippen LogP contribution in [0.3, 0.4) is 0 Å². The Morgan fingerprint density at radius 2 is 1.64 bits per heavy atom. The van der Waals surface area contributed by atoms with Crippen LogP contribution in [0.25, 0.3) is 11.1 Å². The molecule has 2 nitrogen and oxygen atoms in total. The topological polar surface area (TPSA) is 12.5 Å². The van der Waals surface area contributed by atoms with Gasteiger partial charge in [0.1, 0.15) is 5.75 Å². The number of aryl methyl sites for hydroxylation is 1. The molecule has 0 amide bonds.